The number of nitrogens with one attached hydrogen (secondary N) is 2. The predicted molar refractivity (Wildman–Crippen MR) is 84.8 cm³/mol. The standard InChI is InChI=1S/C17H19FN2O2/c1-12-6-5-8-15(13(12)2)20-17(21)19-10-11-22-16-9-4-3-7-14(16)18/h3-9H,10-11H2,1-2H3,(H2,19,20,21). The number of carbonyl (C=O) groups excluding carboxylic acids is 1. The smallest absolute Gasteiger partial charge is 0.319 e. The van der Waals surface area contributed by atoms with E-state index in [4.69, 9.17) is 4.74 Å². The van der Waals surface area contributed by atoms with Crippen LogP contribution in [-0.2, 0) is 0 Å². The van der Waals surface area contributed by atoms with Crippen LogP contribution in [0, 0.1) is 19.7 Å². The van der Waals surface area contributed by atoms with Crippen LogP contribution in [-0.4, -0.2) is 19.2 Å². The molecule has 22 heavy (non-hydrogen) atoms. The van der Waals surface area contributed by atoms with Crippen LogP contribution in [0.2, 0.25) is 0 Å². The molecule has 0 bridgehead atoms. The summed E-state index contributed by atoms with van der Waals surface area (Å²) in [5, 5.41) is 5.45. The van der Waals surface area contributed by atoms with Gasteiger partial charge in [0.25, 0.3) is 0 Å². The molecule has 0 fully saturated rings. The molecule has 0 saturated carbocycles. The summed E-state index contributed by atoms with van der Waals surface area (Å²) >= 11 is 0. The number of halogens is 1. The van der Waals surface area contributed by atoms with Gasteiger partial charge in [-0.25, -0.2) is 9.18 Å². The van der Waals surface area contributed by atoms with Gasteiger partial charge >= 0.3 is 6.03 Å². The van der Waals surface area contributed by atoms with Gasteiger partial charge in [0.05, 0.1) is 6.54 Å². The van der Waals surface area contributed by atoms with Gasteiger partial charge < -0.3 is 15.4 Å². The van der Waals surface area contributed by atoms with Crippen molar-refractivity contribution in [2.24, 2.45) is 0 Å². The summed E-state index contributed by atoms with van der Waals surface area (Å²) in [6.07, 6.45) is 0. The van der Waals surface area contributed by atoms with Gasteiger partial charge in [-0.1, -0.05) is 24.3 Å². The second kappa shape index (κ2) is 7.45. The second-order valence-electron chi connectivity index (χ2n) is 4.91. The number of aryl methyl sites for hydroxylation is 1. The van der Waals surface area contributed by atoms with E-state index in [-0.39, 0.29) is 24.9 Å². The van der Waals surface area contributed by atoms with Gasteiger partial charge in [-0.2, -0.15) is 0 Å². The Kier molecular flexibility index (Phi) is 5.36. The SMILES string of the molecule is Cc1cccc(NC(=O)NCCOc2ccccc2F)c1C. The van der Waals surface area contributed by atoms with E-state index in [0.717, 1.165) is 16.8 Å². The summed E-state index contributed by atoms with van der Waals surface area (Å²) in [5.41, 5.74) is 2.91. The van der Waals surface area contributed by atoms with Gasteiger partial charge in [0, 0.05) is 5.69 Å². The van der Waals surface area contributed by atoms with Gasteiger partial charge in [0.15, 0.2) is 11.6 Å². The number of anilines is 1. The van der Waals surface area contributed by atoms with Crippen molar-refractivity contribution >= 4 is 11.7 Å². The molecule has 0 saturated heterocycles. The summed E-state index contributed by atoms with van der Waals surface area (Å²) in [7, 11) is 0. The third-order valence-electron chi connectivity index (χ3n) is 3.33. The molecule has 2 aromatic rings. The Hall–Kier alpha value is -2.56. The lowest BCUT2D eigenvalue weighted by molar-refractivity contribution is 0.246. The van der Waals surface area contributed by atoms with Crippen molar-refractivity contribution in [1.29, 1.82) is 0 Å². The zero-order chi connectivity index (χ0) is 15.9. The Morgan fingerprint density at radius 1 is 1.14 bits per heavy atom. The lowest BCUT2D eigenvalue weighted by Crippen LogP contribution is -2.32. The minimum absolute atomic E-state index is 0.180. The highest BCUT2D eigenvalue weighted by Crippen LogP contribution is 2.17. The first-order valence-electron chi connectivity index (χ1n) is 7.06. The van der Waals surface area contributed by atoms with E-state index in [1.165, 1.54) is 6.07 Å². The molecular weight excluding hydrogens is 283 g/mol. The van der Waals surface area contributed by atoms with Crippen LogP contribution in [0.25, 0.3) is 0 Å². The van der Waals surface area contributed by atoms with Crippen molar-refractivity contribution in [2.45, 2.75) is 13.8 Å². The Morgan fingerprint density at radius 2 is 1.91 bits per heavy atom. The van der Waals surface area contributed by atoms with E-state index >= 15 is 0 Å². The first kappa shape index (κ1) is 15.8. The maximum Gasteiger partial charge on any atom is 0.319 e. The van der Waals surface area contributed by atoms with Crippen LogP contribution in [0.4, 0.5) is 14.9 Å². The normalized spacial score (nSPS) is 10.1. The van der Waals surface area contributed by atoms with E-state index in [9.17, 15) is 9.18 Å². The van der Waals surface area contributed by atoms with Gasteiger partial charge in [0.2, 0.25) is 0 Å². The fraction of sp³-hybridized carbons (Fsp3) is 0.235. The molecule has 0 spiro atoms. The van der Waals surface area contributed by atoms with Gasteiger partial charge in [-0.3, -0.25) is 0 Å². The zero-order valence-corrected chi connectivity index (χ0v) is 12.7. The highest BCUT2D eigenvalue weighted by Gasteiger charge is 2.06. The van der Waals surface area contributed by atoms with E-state index < -0.39 is 5.82 Å². The first-order valence-corrected chi connectivity index (χ1v) is 7.06. The fourth-order valence-corrected chi connectivity index (χ4v) is 1.94. The molecule has 0 heterocycles. The third-order valence-corrected chi connectivity index (χ3v) is 3.33. The average Bonchev–Trinajstić information content (AvgIpc) is 2.50. The molecule has 2 rings (SSSR count). The highest BCUT2D eigenvalue weighted by atomic mass is 19.1. The number of carbonyl (C=O) groups is 1. The molecule has 4 nitrogen and oxygen atoms in total. The molecule has 0 aliphatic rings. The maximum atomic E-state index is 13.3. The summed E-state index contributed by atoms with van der Waals surface area (Å²) in [6.45, 7) is 4.42. The number of ether oxygens (including phenoxy) is 1. The topological polar surface area (TPSA) is 50.4 Å². The van der Waals surface area contributed by atoms with Crippen molar-refractivity contribution in [3.63, 3.8) is 0 Å². The molecule has 0 unspecified atom stereocenters. The van der Waals surface area contributed by atoms with Crippen LogP contribution < -0.4 is 15.4 Å². The summed E-state index contributed by atoms with van der Waals surface area (Å²) < 4.78 is 18.6. The van der Waals surface area contributed by atoms with Crippen LogP contribution in [0.15, 0.2) is 42.5 Å². The molecule has 2 N–H and O–H groups in total. The van der Waals surface area contributed by atoms with Crippen molar-refractivity contribution in [3.05, 3.63) is 59.4 Å². The van der Waals surface area contributed by atoms with Crippen molar-refractivity contribution in [3.8, 4) is 5.75 Å². The average molecular weight is 302 g/mol. The number of benzene rings is 2. The summed E-state index contributed by atoms with van der Waals surface area (Å²) in [6, 6.07) is 11.6. The quantitative estimate of drug-likeness (QED) is 0.828. The van der Waals surface area contributed by atoms with Gasteiger partial charge in [0.1, 0.15) is 6.61 Å². The van der Waals surface area contributed by atoms with E-state index in [2.05, 4.69) is 10.6 Å². The Labute approximate surface area is 129 Å². The number of hydrogen-bond donors (Lipinski definition) is 2. The van der Waals surface area contributed by atoms with Crippen LogP contribution in [0.3, 0.4) is 0 Å². The molecule has 116 valence electrons. The molecule has 0 atom stereocenters. The van der Waals surface area contributed by atoms with Gasteiger partial charge in [-0.05, 0) is 43.2 Å². The number of rotatable bonds is 5. The van der Waals surface area contributed by atoms with Crippen LogP contribution >= 0.6 is 0 Å². The fourth-order valence-electron chi connectivity index (χ4n) is 1.94. The number of para-hydroxylation sites is 1. The lowest BCUT2D eigenvalue weighted by atomic mass is 10.1. The van der Waals surface area contributed by atoms with E-state index in [1.54, 1.807) is 18.2 Å². The number of amides is 2. The minimum Gasteiger partial charge on any atom is -0.489 e. The van der Waals surface area contributed by atoms with Crippen molar-refractivity contribution in [2.75, 3.05) is 18.5 Å². The first-order chi connectivity index (χ1) is 10.6. The number of urea groups is 1. The largest absolute Gasteiger partial charge is 0.489 e. The predicted octanol–water partition coefficient (Wildman–Crippen LogP) is 3.64. The summed E-state index contributed by atoms with van der Waals surface area (Å²) in [4.78, 5) is 11.8. The van der Waals surface area contributed by atoms with E-state index in [0.29, 0.717) is 0 Å². The molecule has 5 heteroatoms. The van der Waals surface area contributed by atoms with Gasteiger partial charge in [-0.15, -0.1) is 0 Å². The molecule has 0 aromatic heterocycles. The number of hydrogen-bond acceptors (Lipinski definition) is 2. The zero-order valence-electron chi connectivity index (χ0n) is 12.7. The highest BCUT2D eigenvalue weighted by molar-refractivity contribution is 5.90. The Balaban J connectivity index is 1.76. The second-order valence-corrected chi connectivity index (χ2v) is 4.91. The van der Waals surface area contributed by atoms with Crippen molar-refractivity contribution in [1.82, 2.24) is 5.32 Å². The molecule has 0 aliphatic heterocycles. The van der Waals surface area contributed by atoms with E-state index in [1.807, 2.05) is 32.0 Å². The maximum absolute atomic E-state index is 13.3. The van der Waals surface area contributed by atoms with Crippen molar-refractivity contribution < 1.29 is 13.9 Å². The summed E-state index contributed by atoms with van der Waals surface area (Å²) in [5.74, 6) is -0.235. The molecular formula is C17H19FN2O2. The molecule has 2 amide bonds. The Morgan fingerprint density at radius 3 is 2.68 bits per heavy atom. The Bertz CT molecular complexity index is 659. The molecule has 0 aliphatic carbocycles. The minimum atomic E-state index is -0.415. The molecule has 2 aromatic carbocycles. The molecule has 0 radical (unpaired) electrons. The monoisotopic (exact) mass is 302 g/mol. The third kappa shape index (κ3) is 4.22. The van der Waals surface area contributed by atoms with Crippen LogP contribution in [0.1, 0.15) is 11.1 Å². The lowest BCUT2D eigenvalue weighted by Gasteiger charge is -2.12. The van der Waals surface area contributed by atoms with Crippen LogP contribution in [0.5, 0.6) is 5.75 Å².